The van der Waals surface area contributed by atoms with Gasteiger partial charge in [-0.25, -0.2) is 4.98 Å². The number of rotatable bonds is 3. The summed E-state index contributed by atoms with van der Waals surface area (Å²) in [5.74, 6) is 0.684. The zero-order valence-corrected chi connectivity index (χ0v) is 14.1. The van der Waals surface area contributed by atoms with Gasteiger partial charge < -0.3 is 14.2 Å². The smallest absolute Gasteiger partial charge is 0.263 e. The quantitative estimate of drug-likeness (QED) is 0.867. The first-order valence-electron chi connectivity index (χ1n) is 7.75. The number of nitrogens with zero attached hydrogens (tertiary/aromatic N) is 3. The van der Waals surface area contributed by atoms with E-state index in [9.17, 15) is 4.79 Å². The molecule has 1 aromatic heterocycles. The molecule has 1 amide bonds. The predicted molar refractivity (Wildman–Crippen MR) is 88.5 cm³/mol. The molecule has 0 spiro atoms. The lowest BCUT2D eigenvalue weighted by molar-refractivity contribution is -0.138. The summed E-state index contributed by atoms with van der Waals surface area (Å²) in [6, 6.07) is 5.41. The van der Waals surface area contributed by atoms with Gasteiger partial charge in [-0.3, -0.25) is 4.79 Å². The lowest BCUT2D eigenvalue weighted by atomic mass is 10.2. The molecule has 0 bridgehead atoms. The van der Waals surface area contributed by atoms with Gasteiger partial charge in [0, 0.05) is 24.3 Å². The van der Waals surface area contributed by atoms with E-state index in [4.69, 9.17) is 16.3 Å². The number of aromatic nitrogens is 2. The van der Waals surface area contributed by atoms with E-state index in [2.05, 4.69) is 9.55 Å². The molecule has 1 aromatic carbocycles. The van der Waals surface area contributed by atoms with Gasteiger partial charge in [-0.1, -0.05) is 11.6 Å². The second-order valence-corrected chi connectivity index (χ2v) is 6.30. The predicted octanol–water partition coefficient (Wildman–Crippen LogP) is 3.04. The lowest BCUT2D eigenvalue weighted by Crippen LogP contribution is -2.40. The number of carbonyl (C=O) groups excluding carboxylic acids is 1. The van der Waals surface area contributed by atoms with Crippen molar-refractivity contribution in [2.75, 3.05) is 6.54 Å². The Morgan fingerprint density at radius 1 is 1.39 bits per heavy atom. The number of ether oxygens (including phenoxy) is 1. The summed E-state index contributed by atoms with van der Waals surface area (Å²) in [6.07, 6.45) is 4.02. The molecule has 0 aliphatic carbocycles. The largest absolute Gasteiger partial charge is 0.481 e. The number of amides is 1. The first-order chi connectivity index (χ1) is 11.0. The molecule has 1 unspecified atom stereocenters. The van der Waals surface area contributed by atoms with Crippen molar-refractivity contribution in [2.24, 2.45) is 0 Å². The average molecular weight is 334 g/mol. The molecule has 1 aliphatic rings. The van der Waals surface area contributed by atoms with Crippen molar-refractivity contribution in [2.45, 2.75) is 39.5 Å². The summed E-state index contributed by atoms with van der Waals surface area (Å²) in [5.41, 5.74) is 1.98. The van der Waals surface area contributed by atoms with Crippen molar-refractivity contribution in [3.8, 4) is 5.75 Å². The number of benzene rings is 1. The molecule has 3 rings (SSSR count). The van der Waals surface area contributed by atoms with E-state index < -0.39 is 6.10 Å². The maximum absolute atomic E-state index is 12.7. The normalized spacial score (nSPS) is 15.7. The molecule has 23 heavy (non-hydrogen) atoms. The van der Waals surface area contributed by atoms with Gasteiger partial charge >= 0.3 is 0 Å². The highest BCUT2D eigenvalue weighted by atomic mass is 35.5. The summed E-state index contributed by atoms with van der Waals surface area (Å²) in [4.78, 5) is 18.7. The fraction of sp³-hybridized carbons (Fsp3) is 0.412. The molecule has 0 radical (unpaired) electrons. The van der Waals surface area contributed by atoms with Crippen molar-refractivity contribution in [3.05, 3.63) is 47.0 Å². The fourth-order valence-corrected chi connectivity index (χ4v) is 3.05. The van der Waals surface area contributed by atoms with Crippen molar-refractivity contribution in [3.63, 3.8) is 0 Å². The van der Waals surface area contributed by atoms with Gasteiger partial charge in [0.05, 0.1) is 18.6 Å². The van der Waals surface area contributed by atoms with Crippen LogP contribution in [0, 0.1) is 6.92 Å². The van der Waals surface area contributed by atoms with Crippen LogP contribution in [-0.4, -0.2) is 33.0 Å². The van der Waals surface area contributed by atoms with E-state index >= 15 is 0 Å². The maximum atomic E-state index is 12.7. The van der Waals surface area contributed by atoms with Gasteiger partial charge in [0.1, 0.15) is 5.75 Å². The van der Waals surface area contributed by atoms with Gasteiger partial charge in [0.25, 0.3) is 5.91 Å². The zero-order valence-electron chi connectivity index (χ0n) is 13.3. The standard InChI is InChI=1S/C17H20ClN3O2/c1-12-8-14(18)4-5-16(12)23-13(2)17(22)20-6-3-7-21-11-19-9-15(21)10-20/h4-5,8-9,11,13H,3,6-7,10H2,1-2H3. The Morgan fingerprint density at radius 3 is 3.00 bits per heavy atom. The number of halogens is 1. The monoisotopic (exact) mass is 333 g/mol. The van der Waals surface area contributed by atoms with Gasteiger partial charge in [0.15, 0.2) is 6.10 Å². The third-order valence-electron chi connectivity index (χ3n) is 4.08. The van der Waals surface area contributed by atoms with Crippen LogP contribution in [0.15, 0.2) is 30.7 Å². The minimum atomic E-state index is -0.538. The Balaban J connectivity index is 1.69. The number of carbonyl (C=O) groups is 1. The van der Waals surface area contributed by atoms with Crippen LogP contribution in [0.1, 0.15) is 24.6 Å². The van der Waals surface area contributed by atoms with Gasteiger partial charge in [-0.15, -0.1) is 0 Å². The molecule has 1 atom stereocenters. The molecule has 2 heterocycles. The number of imidazole rings is 1. The Bertz CT molecular complexity index is 714. The van der Waals surface area contributed by atoms with Crippen LogP contribution >= 0.6 is 11.6 Å². The Labute approximate surface area is 140 Å². The summed E-state index contributed by atoms with van der Waals surface area (Å²) in [6.45, 7) is 5.91. The highest BCUT2D eigenvalue weighted by molar-refractivity contribution is 6.30. The van der Waals surface area contributed by atoms with Crippen LogP contribution in [0.4, 0.5) is 0 Å². The topological polar surface area (TPSA) is 47.4 Å². The summed E-state index contributed by atoms with van der Waals surface area (Å²) in [7, 11) is 0. The molecule has 5 nitrogen and oxygen atoms in total. The molecule has 2 aromatic rings. The van der Waals surface area contributed by atoms with Crippen LogP contribution in [0.3, 0.4) is 0 Å². The number of aryl methyl sites for hydroxylation is 2. The third kappa shape index (κ3) is 3.50. The summed E-state index contributed by atoms with van der Waals surface area (Å²) < 4.78 is 7.95. The van der Waals surface area contributed by atoms with Crippen molar-refractivity contribution >= 4 is 17.5 Å². The second-order valence-electron chi connectivity index (χ2n) is 5.86. The number of hydrogen-bond donors (Lipinski definition) is 0. The van der Waals surface area contributed by atoms with E-state index in [1.807, 2.05) is 30.4 Å². The molecular weight excluding hydrogens is 314 g/mol. The van der Waals surface area contributed by atoms with E-state index in [0.717, 1.165) is 30.8 Å². The van der Waals surface area contributed by atoms with E-state index in [0.29, 0.717) is 17.3 Å². The van der Waals surface area contributed by atoms with Gasteiger partial charge in [-0.2, -0.15) is 0 Å². The SMILES string of the molecule is Cc1cc(Cl)ccc1OC(C)C(=O)N1CCCn2cncc2C1. The maximum Gasteiger partial charge on any atom is 0.263 e. The van der Waals surface area contributed by atoms with E-state index in [1.54, 1.807) is 19.1 Å². The molecule has 122 valence electrons. The minimum Gasteiger partial charge on any atom is -0.481 e. The highest BCUT2D eigenvalue weighted by Crippen LogP contribution is 2.23. The number of hydrogen-bond acceptors (Lipinski definition) is 3. The van der Waals surface area contributed by atoms with Gasteiger partial charge in [0.2, 0.25) is 0 Å². The summed E-state index contributed by atoms with van der Waals surface area (Å²) >= 11 is 5.95. The van der Waals surface area contributed by atoms with Crippen molar-refractivity contribution in [1.82, 2.24) is 14.5 Å². The van der Waals surface area contributed by atoms with Crippen molar-refractivity contribution < 1.29 is 9.53 Å². The molecule has 0 N–H and O–H groups in total. The van der Waals surface area contributed by atoms with Crippen LogP contribution in [0.2, 0.25) is 5.02 Å². The number of fused-ring (bicyclic) bond motifs is 1. The molecule has 0 saturated heterocycles. The van der Waals surface area contributed by atoms with E-state index in [1.165, 1.54) is 0 Å². The van der Waals surface area contributed by atoms with Crippen molar-refractivity contribution in [1.29, 1.82) is 0 Å². The highest BCUT2D eigenvalue weighted by Gasteiger charge is 2.25. The Hall–Kier alpha value is -2.01. The van der Waals surface area contributed by atoms with Crippen LogP contribution in [-0.2, 0) is 17.9 Å². The van der Waals surface area contributed by atoms with Crippen LogP contribution in [0.5, 0.6) is 5.75 Å². The fourth-order valence-electron chi connectivity index (χ4n) is 2.82. The Morgan fingerprint density at radius 2 is 2.22 bits per heavy atom. The van der Waals surface area contributed by atoms with Gasteiger partial charge in [-0.05, 0) is 44.0 Å². The molecular formula is C17H20ClN3O2. The second kappa shape index (κ2) is 6.62. The van der Waals surface area contributed by atoms with Crippen LogP contribution in [0.25, 0.3) is 0 Å². The lowest BCUT2D eigenvalue weighted by Gasteiger charge is -2.24. The average Bonchev–Trinajstić information content (AvgIpc) is 2.86. The molecule has 0 fully saturated rings. The first-order valence-corrected chi connectivity index (χ1v) is 8.13. The molecule has 0 saturated carbocycles. The van der Waals surface area contributed by atoms with Crippen LogP contribution < -0.4 is 4.74 Å². The minimum absolute atomic E-state index is 0.00556. The summed E-state index contributed by atoms with van der Waals surface area (Å²) in [5, 5.41) is 0.662. The Kier molecular flexibility index (Phi) is 4.57. The zero-order chi connectivity index (χ0) is 16.4. The third-order valence-corrected chi connectivity index (χ3v) is 4.31. The van der Waals surface area contributed by atoms with E-state index in [-0.39, 0.29) is 5.91 Å². The first kappa shape index (κ1) is 15.9. The molecule has 6 heteroatoms. The molecule has 1 aliphatic heterocycles.